The molecule has 0 radical (unpaired) electrons. The Morgan fingerprint density at radius 2 is 1.79 bits per heavy atom. The third-order valence-electron chi connectivity index (χ3n) is 5.38. The van der Waals surface area contributed by atoms with Crippen molar-refractivity contribution in [3.05, 3.63) is 78.1 Å². The molecule has 0 amide bonds. The third-order valence-corrected chi connectivity index (χ3v) is 7.84. The summed E-state index contributed by atoms with van der Waals surface area (Å²) in [5.41, 5.74) is -0.246. The van der Waals surface area contributed by atoms with Gasteiger partial charge in [0, 0.05) is 24.3 Å². The zero-order valence-corrected chi connectivity index (χ0v) is 17.8. The molecule has 0 aliphatic heterocycles. The van der Waals surface area contributed by atoms with Crippen LogP contribution in [0.3, 0.4) is 0 Å². The Kier molecular flexibility index (Phi) is 7.11. The van der Waals surface area contributed by atoms with Gasteiger partial charge in [-0.15, -0.1) is 0 Å². The molecule has 29 heavy (non-hydrogen) atoms. The van der Waals surface area contributed by atoms with Gasteiger partial charge in [0.2, 0.25) is 0 Å². The summed E-state index contributed by atoms with van der Waals surface area (Å²) < 4.78 is 29.2. The number of hydrogen-bond donors (Lipinski definition) is 1. The number of rotatable bonds is 8. The largest absolute Gasteiger partial charge is 0.501 e. The molecule has 6 heteroatoms. The minimum absolute atomic E-state index is 0.00668. The van der Waals surface area contributed by atoms with Crippen molar-refractivity contribution in [1.82, 2.24) is 0 Å². The molecule has 5 nitrogen and oxygen atoms in total. The molecule has 2 unspecified atom stereocenters. The van der Waals surface area contributed by atoms with Crippen LogP contribution >= 0.6 is 0 Å². The van der Waals surface area contributed by atoms with E-state index in [9.17, 15) is 9.32 Å². The molecule has 0 aromatic heterocycles. The van der Waals surface area contributed by atoms with Gasteiger partial charge in [-0.25, -0.2) is 8.57 Å². The first kappa shape index (κ1) is 21.6. The monoisotopic (exact) mass is 415 g/mol. The average molecular weight is 416 g/mol. The maximum Gasteiger partial charge on any atom is 0.104 e. The lowest BCUT2D eigenvalue weighted by Gasteiger charge is -2.38. The van der Waals surface area contributed by atoms with E-state index in [0.717, 1.165) is 5.56 Å². The SMILES string of the molecule is CN=[S@](=O)(CC1(O)C=C(OC)CCC1COCc1ccccc1)c1ccccc1. The molecule has 0 spiro atoms. The summed E-state index contributed by atoms with van der Waals surface area (Å²) in [6, 6.07) is 19.1. The van der Waals surface area contributed by atoms with Gasteiger partial charge >= 0.3 is 0 Å². The Morgan fingerprint density at radius 3 is 2.41 bits per heavy atom. The van der Waals surface area contributed by atoms with Crippen LogP contribution in [0.15, 0.2) is 81.8 Å². The lowest BCUT2D eigenvalue weighted by Crippen LogP contribution is -2.47. The van der Waals surface area contributed by atoms with Crippen LogP contribution < -0.4 is 0 Å². The van der Waals surface area contributed by atoms with Crippen LogP contribution in [0.5, 0.6) is 0 Å². The number of aliphatic hydroxyl groups is 1. The van der Waals surface area contributed by atoms with Crippen LogP contribution in [0.2, 0.25) is 0 Å². The molecule has 1 aliphatic carbocycles. The lowest BCUT2D eigenvalue weighted by atomic mass is 9.81. The summed E-state index contributed by atoms with van der Waals surface area (Å²) in [4.78, 5) is 0.623. The molecule has 0 fully saturated rings. The van der Waals surface area contributed by atoms with Crippen molar-refractivity contribution >= 4 is 9.73 Å². The Bertz CT molecular complexity index is 936. The Hall–Kier alpha value is -2.15. The molecule has 1 N–H and O–H groups in total. The summed E-state index contributed by atoms with van der Waals surface area (Å²) in [5.74, 6) is 0.515. The summed E-state index contributed by atoms with van der Waals surface area (Å²) >= 11 is 0. The quantitative estimate of drug-likeness (QED) is 0.707. The van der Waals surface area contributed by atoms with E-state index in [1.54, 1.807) is 32.4 Å². The highest BCUT2D eigenvalue weighted by molar-refractivity contribution is 7.93. The van der Waals surface area contributed by atoms with Crippen molar-refractivity contribution in [3.8, 4) is 0 Å². The highest BCUT2D eigenvalue weighted by atomic mass is 32.2. The van der Waals surface area contributed by atoms with Gasteiger partial charge in [0.1, 0.15) is 5.60 Å². The summed E-state index contributed by atoms with van der Waals surface area (Å²) in [6.07, 6.45) is 3.12. The van der Waals surface area contributed by atoms with Crippen LogP contribution in [0, 0.1) is 5.92 Å². The molecule has 0 saturated heterocycles. The smallest absolute Gasteiger partial charge is 0.104 e. The number of ether oxygens (including phenoxy) is 2. The number of benzene rings is 2. The molecular weight excluding hydrogens is 386 g/mol. The molecule has 3 rings (SSSR count). The average Bonchev–Trinajstić information content (AvgIpc) is 2.76. The fourth-order valence-electron chi connectivity index (χ4n) is 3.68. The van der Waals surface area contributed by atoms with Crippen LogP contribution in [0.4, 0.5) is 0 Å². The van der Waals surface area contributed by atoms with Gasteiger partial charge < -0.3 is 14.6 Å². The second kappa shape index (κ2) is 9.57. The highest BCUT2D eigenvalue weighted by Crippen LogP contribution is 2.36. The van der Waals surface area contributed by atoms with Gasteiger partial charge in [-0.1, -0.05) is 48.5 Å². The van der Waals surface area contributed by atoms with E-state index >= 15 is 0 Å². The van der Waals surface area contributed by atoms with E-state index in [1.807, 2.05) is 48.5 Å². The van der Waals surface area contributed by atoms with Crippen LogP contribution in [0.25, 0.3) is 0 Å². The predicted molar refractivity (Wildman–Crippen MR) is 115 cm³/mol. The number of methoxy groups -OCH3 is 1. The zero-order valence-electron chi connectivity index (χ0n) is 17.0. The van der Waals surface area contributed by atoms with Gasteiger partial charge in [0.25, 0.3) is 0 Å². The van der Waals surface area contributed by atoms with Crippen molar-refractivity contribution in [3.63, 3.8) is 0 Å². The molecule has 0 heterocycles. The van der Waals surface area contributed by atoms with Gasteiger partial charge in [-0.2, -0.15) is 0 Å². The summed E-state index contributed by atoms with van der Waals surface area (Å²) in [6.45, 7) is 0.841. The molecule has 156 valence electrons. The lowest BCUT2D eigenvalue weighted by molar-refractivity contribution is -0.0254. The van der Waals surface area contributed by atoms with Crippen molar-refractivity contribution < 1.29 is 18.8 Å². The van der Waals surface area contributed by atoms with E-state index < -0.39 is 15.3 Å². The molecule has 0 saturated carbocycles. The van der Waals surface area contributed by atoms with E-state index in [2.05, 4.69) is 4.36 Å². The van der Waals surface area contributed by atoms with Gasteiger partial charge in [0.05, 0.1) is 41.6 Å². The van der Waals surface area contributed by atoms with Crippen molar-refractivity contribution in [2.24, 2.45) is 10.3 Å². The van der Waals surface area contributed by atoms with Gasteiger partial charge in [0.15, 0.2) is 0 Å². The van der Waals surface area contributed by atoms with Gasteiger partial charge in [-0.3, -0.25) is 0 Å². The highest BCUT2D eigenvalue weighted by Gasteiger charge is 2.42. The molecule has 2 aromatic rings. The molecule has 1 aliphatic rings. The van der Waals surface area contributed by atoms with E-state index in [4.69, 9.17) is 9.47 Å². The Labute approximate surface area is 173 Å². The summed E-state index contributed by atoms with van der Waals surface area (Å²) in [7, 11) is 0.353. The molecular formula is C23H29NO4S. The van der Waals surface area contributed by atoms with E-state index in [0.29, 0.717) is 36.7 Å². The first-order valence-electron chi connectivity index (χ1n) is 9.77. The first-order chi connectivity index (χ1) is 14.0. The number of allylic oxidation sites excluding steroid dienone is 1. The fraction of sp³-hybridized carbons (Fsp3) is 0.391. The topological polar surface area (TPSA) is 68.1 Å². The Balaban J connectivity index is 1.81. The first-order valence-corrected chi connectivity index (χ1v) is 11.5. The molecule has 0 bridgehead atoms. The van der Waals surface area contributed by atoms with Crippen molar-refractivity contribution in [1.29, 1.82) is 0 Å². The fourth-order valence-corrected chi connectivity index (χ4v) is 5.71. The normalized spacial score (nSPS) is 23.7. The van der Waals surface area contributed by atoms with Crippen molar-refractivity contribution in [2.45, 2.75) is 29.9 Å². The number of nitrogens with zero attached hydrogens (tertiary/aromatic N) is 1. The maximum absolute atomic E-state index is 13.6. The van der Waals surface area contributed by atoms with E-state index in [-0.39, 0.29) is 11.7 Å². The van der Waals surface area contributed by atoms with Gasteiger partial charge in [-0.05, 0) is 30.2 Å². The van der Waals surface area contributed by atoms with Crippen LogP contribution in [-0.4, -0.2) is 41.4 Å². The number of hydrogen-bond acceptors (Lipinski definition) is 5. The molecule has 2 aromatic carbocycles. The predicted octanol–water partition coefficient (Wildman–Crippen LogP) is 4.03. The second-order valence-electron chi connectivity index (χ2n) is 7.32. The summed E-state index contributed by atoms with van der Waals surface area (Å²) in [5, 5.41) is 11.6. The minimum atomic E-state index is -2.79. The van der Waals surface area contributed by atoms with Crippen molar-refractivity contribution in [2.75, 3.05) is 26.5 Å². The standard InChI is InChI=1S/C23H29NO4S/c1-24-29(26,22-11-7-4-8-12-22)18-23(25)15-21(27-2)14-13-20(23)17-28-16-19-9-5-3-6-10-19/h3-12,15,20,25H,13-14,16-18H2,1-2H3/t20?,23?,29-/m0/s1. The van der Waals surface area contributed by atoms with Crippen LogP contribution in [0.1, 0.15) is 18.4 Å². The second-order valence-corrected chi connectivity index (χ2v) is 9.73. The zero-order chi connectivity index (χ0) is 20.7. The minimum Gasteiger partial charge on any atom is -0.501 e. The molecule has 3 atom stereocenters. The maximum atomic E-state index is 13.6. The van der Waals surface area contributed by atoms with Crippen LogP contribution in [-0.2, 0) is 25.8 Å². The van der Waals surface area contributed by atoms with E-state index in [1.165, 1.54) is 0 Å². The Morgan fingerprint density at radius 1 is 1.14 bits per heavy atom. The third kappa shape index (κ3) is 5.26.